The Morgan fingerprint density at radius 1 is 1.22 bits per heavy atom. The molecule has 0 radical (unpaired) electrons. The predicted octanol–water partition coefficient (Wildman–Crippen LogP) is 1.66. The van der Waals surface area contributed by atoms with Gasteiger partial charge in [-0.05, 0) is 25.5 Å². The first kappa shape index (κ1) is 19.3. The summed E-state index contributed by atoms with van der Waals surface area (Å²) in [6.45, 7) is 5.22. The van der Waals surface area contributed by atoms with Crippen molar-refractivity contribution in [2.24, 2.45) is 4.99 Å². The first-order valence-electron chi connectivity index (χ1n) is 7.72. The minimum absolute atomic E-state index is 0.181. The highest BCUT2D eigenvalue weighted by Crippen LogP contribution is 2.14. The Morgan fingerprint density at radius 3 is 2.65 bits per heavy atom. The van der Waals surface area contributed by atoms with Gasteiger partial charge in [-0.1, -0.05) is 23.7 Å². The van der Waals surface area contributed by atoms with Gasteiger partial charge in [0.25, 0.3) is 5.91 Å². The molecule has 7 heteroatoms. The van der Waals surface area contributed by atoms with Crippen molar-refractivity contribution in [3.63, 3.8) is 0 Å². The standard InChI is InChI=1S/C16H25ClN4O2/c1-3-18-16(20-9-6-12-23-2)21-11-10-19-15(22)13-7-4-5-8-14(13)17/h4-5,7-8H,3,6,9-12H2,1-2H3,(H,19,22)(H2,18,20,21). The maximum atomic E-state index is 12.0. The van der Waals surface area contributed by atoms with Crippen LogP contribution in [0.4, 0.5) is 0 Å². The second-order valence-corrected chi connectivity index (χ2v) is 5.18. The number of guanidine groups is 1. The molecule has 0 atom stereocenters. The van der Waals surface area contributed by atoms with Crippen LogP contribution in [0.25, 0.3) is 0 Å². The van der Waals surface area contributed by atoms with Crippen molar-refractivity contribution in [3.8, 4) is 0 Å². The summed E-state index contributed by atoms with van der Waals surface area (Å²) in [5, 5.41) is 9.60. The van der Waals surface area contributed by atoms with E-state index in [1.165, 1.54) is 0 Å². The molecule has 0 unspecified atom stereocenters. The van der Waals surface area contributed by atoms with E-state index in [0.29, 0.717) is 36.8 Å². The zero-order valence-electron chi connectivity index (χ0n) is 13.7. The fraction of sp³-hybridized carbons (Fsp3) is 0.500. The highest BCUT2D eigenvalue weighted by Gasteiger charge is 2.08. The van der Waals surface area contributed by atoms with E-state index in [2.05, 4.69) is 20.9 Å². The van der Waals surface area contributed by atoms with Gasteiger partial charge in [-0.3, -0.25) is 9.79 Å². The van der Waals surface area contributed by atoms with Crippen LogP contribution < -0.4 is 16.0 Å². The second kappa shape index (κ2) is 11.7. The number of hydrogen-bond donors (Lipinski definition) is 3. The molecule has 0 saturated heterocycles. The Bertz CT molecular complexity index is 509. The Balaban J connectivity index is 2.33. The molecule has 0 fully saturated rings. The van der Waals surface area contributed by atoms with E-state index in [9.17, 15) is 4.79 Å². The molecule has 0 saturated carbocycles. The lowest BCUT2D eigenvalue weighted by molar-refractivity contribution is 0.0954. The van der Waals surface area contributed by atoms with E-state index in [-0.39, 0.29) is 5.91 Å². The summed E-state index contributed by atoms with van der Waals surface area (Å²) in [5.74, 6) is 0.551. The summed E-state index contributed by atoms with van der Waals surface area (Å²) in [6.07, 6.45) is 0.871. The van der Waals surface area contributed by atoms with Gasteiger partial charge in [0.05, 0.1) is 10.6 Å². The van der Waals surface area contributed by atoms with Gasteiger partial charge in [0.1, 0.15) is 0 Å². The van der Waals surface area contributed by atoms with Gasteiger partial charge in [0.2, 0.25) is 0 Å². The van der Waals surface area contributed by atoms with E-state index >= 15 is 0 Å². The van der Waals surface area contributed by atoms with Crippen LogP contribution in [0.2, 0.25) is 5.02 Å². The number of benzene rings is 1. The van der Waals surface area contributed by atoms with Crippen LogP contribution in [-0.4, -0.2) is 51.8 Å². The first-order chi connectivity index (χ1) is 11.2. The third-order valence-electron chi connectivity index (χ3n) is 2.94. The molecule has 6 nitrogen and oxygen atoms in total. The summed E-state index contributed by atoms with van der Waals surface area (Å²) in [4.78, 5) is 16.4. The molecule has 0 aliphatic heterocycles. The van der Waals surface area contributed by atoms with E-state index in [1.54, 1.807) is 31.4 Å². The summed E-state index contributed by atoms with van der Waals surface area (Å²) in [7, 11) is 1.68. The lowest BCUT2D eigenvalue weighted by atomic mass is 10.2. The average Bonchev–Trinajstić information content (AvgIpc) is 2.55. The molecule has 1 amide bonds. The summed E-state index contributed by atoms with van der Waals surface area (Å²) < 4.78 is 4.99. The molecule has 0 aromatic heterocycles. The smallest absolute Gasteiger partial charge is 0.252 e. The van der Waals surface area contributed by atoms with Crippen LogP contribution in [0.5, 0.6) is 0 Å². The molecular formula is C16H25ClN4O2. The second-order valence-electron chi connectivity index (χ2n) is 4.77. The van der Waals surface area contributed by atoms with E-state index in [1.807, 2.05) is 6.92 Å². The minimum Gasteiger partial charge on any atom is -0.385 e. The fourth-order valence-electron chi connectivity index (χ4n) is 1.84. The molecule has 3 N–H and O–H groups in total. The number of ether oxygens (including phenoxy) is 1. The van der Waals surface area contributed by atoms with Crippen molar-refractivity contribution in [3.05, 3.63) is 34.9 Å². The van der Waals surface area contributed by atoms with Crippen LogP contribution in [-0.2, 0) is 4.74 Å². The van der Waals surface area contributed by atoms with Gasteiger partial charge in [0.15, 0.2) is 5.96 Å². The van der Waals surface area contributed by atoms with Crippen molar-refractivity contribution in [1.82, 2.24) is 16.0 Å². The van der Waals surface area contributed by atoms with E-state index in [0.717, 1.165) is 18.9 Å². The maximum Gasteiger partial charge on any atom is 0.252 e. The van der Waals surface area contributed by atoms with Gasteiger partial charge in [-0.15, -0.1) is 0 Å². The quantitative estimate of drug-likeness (QED) is 0.363. The normalized spacial score (nSPS) is 11.2. The number of nitrogens with zero attached hydrogens (tertiary/aromatic N) is 1. The lowest BCUT2D eigenvalue weighted by Crippen LogP contribution is -2.41. The molecule has 128 valence electrons. The number of amides is 1. The monoisotopic (exact) mass is 340 g/mol. The van der Waals surface area contributed by atoms with Crippen LogP contribution in [0.15, 0.2) is 29.3 Å². The number of aliphatic imine (C=N–C) groups is 1. The Labute approximate surface area is 142 Å². The van der Waals surface area contributed by atoms with Gasteiger partial charge < -0.3 is 20.7 Å². The van der Waals surface area contributed by atoms with Crippen molar-refractivity contribution in [2.75, 3.05) is 39.9 Å². The Morgan fingerprint density at radius 2 is 1.96 bits per heavy atom. The topological polar surface area (TPSA) is 74.8 Å². The average molecular weight is 341 g/mol. The number of rotatable bonds is 9. The van der Waals surface area contributed by atoms with Crippen molar-refractivity contribution >= 4 is 23.5 Å². The number of halogens is 1. The van der Waals surface area contributed by atoms with Gasteiger partial charge >= 0.3 is 0 Å². The summed E-state index contributed by atoms with van der Waals surface area (Å²) in [5.41, 5.74) is 0.481. The van der Waals surface area contributed by atoms with Crippen molar-refractivity contribution in [2.45, 2.75) is 13.3 Å². The third-order valence-corrected chi connectivity index (χ3v) is 3.27. The van der Waals surface area contributed by atoms with Crippen molar-refractivity contribution < 1.29 is 9.53 Å². The van der Waals surface area contributed by atoms with Crippen LogP contribution in [0.1, 0.15) is 23.7 Å². The van der Waals surface area contributed by atoms with Crippen LogP contribution in [0, 0.1) is 0 Å². The number of carbonyl (C=O) groups excluding carboxylic acids is 1. The molecule has 0 bridgehead atoms. The molecule has 0 heterocycles. The summed E-state index contributed by atoms with van der Waals surface area (Å²) >= 11 is 5.99. The highest BCUT2D eigenvalue weighted by molar-refractivity contribution is 6.33. The molecule has 0 spiro atoms. The molecule has 0 aliphatic carbocycles. The van der Waals surface area contributed by atoms with Crippen LogP contribution in [0.3, 0.4) is 0 Å². The highest BCUT2D eigenvalue weighted by atomic mass is 35.5. The molecule has 23 heavy (non-hydrogen) atoms. The molecule has 1 rings (SSSR count). The van der Waals surface area contributed by atoms with Gasteiger partial charge in [-0.2, -0.15) is 0 Å². The van der Waals surface area contributed by atoms with Crippen molar-refractivity contribution in [1.29, 1.82) is 0 Å². The largest absolute Gasteiger partial charge is 0.385 e. The minimum atomic E-state index is -0.181. The number of carbonyl (C=O) groups is 1. The third kappa shape index (κ3) is 7.85. The van der Waals surface area contributed by atoms with Crippen LogP contribution >= 0.6 is 11.6 Å². The zero-order chi connectivity index (χ0) is 16.9. The number of hydrogen-bond acceptors (Lipinski definition) is 3. The molecule has 1 aromatic carbocycles. The lowest BCUT2D eigenvalue weighted by Gasteiger charge is -2.12. The Hall–Kier alpha value is -1.79. The first-order valence-corrected chi connectivity index (χ1v) is 8.10. The number of methoxy groups -OCH3 is 1. The molecular weight excluding hydrogens is 316 g/mol. The fourth-order valence-corrected chi connectivity index (χ4v) is 2.06. The van der Waals surface area contributed by atoms with Gasteiger partial charge in [-0.25, -0.2) is 0 Å². The number of nitrogens with one attached hydrogen (secondary N) is 3. The van der Waals surface area contributed by atoms with Gasteiger partial charge in [0, 0.05) is 39.9 Å². The summed E-state index contributed by atoms with van der Waals surface area (Å²) in [6, 6.07) is 6.98. The predicted molar refractivity (Wildman–Crippen MR) is 94.3 cm³/mol. The maximum absolute atomic E-state index is 12.0. The van der Waals surface area contributed by atoms with E-state index in [4.69, 9.17) is 16.3 Å². The zero-order valence-corrected chi connectivity index (χ0v) is 14.4. The molecule has 1 aromatic rings. The molecule has 0 aliphatic rings. The Kier molecular flexibility index (Phi) is 9.83. The SMILES string of the molecule is CCNC(=NCCCOC)NCCNC(=O)c1ccccc1Cl. The van der Waals surface area contributed by atoms with E-state index < -0.39 is 0 Å².